The largest absolute Gasteiger partial charge is 0.322 e. The van der Waals surface area contributed by atoms with E-state index in [-0.39, 0.29) is 5.54 Å². The molecule has 1 nitrogen and oxygen atoms in total. The maximum Gasteiger partial charge on any atom is 0.0444 e. The van der Waals surface area contributed by atoms with E-state index in [1.165, 1.54) is 17.5 Å². The topological polar surface area (TPSA) is 26.0 Å². The van der Waals surface area contributed by atoms with E-state index in [2.05, 4.69) is 6.07 Å². The van der Waals surface area contributed by atoms with Gasteiger partial charge in [-0.2, -0.15) is 0 Å². The van der Waals surface area contributed by atoms with Crippen LogP contribution in [0.4, 0.5) is 0 Å². The Balaban J connectivity index is 2.52. The first-order valence-electron chi connectivity index (χ1n) is 5.09. The predicted octanol–water partition coefficient (Wildman–Crippen LogP) is 3.02. The number of nitrogens with two attached hydrogens (primary N) is 1. The maximum absolute atomic E-state index is 6.23. The molecule has 0 atom stereocenters. The van der Waals surface area contributed by atoms with Crippen molar-refractivity contribution in [2.45, 2.75) is 38.6 Å². The second kappa shape index (κ2) is 3.25. The standard InChI is InChI=1S/C12H16ClN/c1-12(2,14)9-6-8-4-3-5-10(8)11(13)7-9/h6-7H,3-5,14H2,1-2H3. The second-order valence-corrected chi connectivity index (χ2v) is 5.08. The second-order valence-electron chi connectivity index (χ2n) is 4.67. The molecule has 2 rings (SSSR count). The molecule has 2 N–H and O–H groups in total. The van der Waals surface area contributed by atoms with Gasteiger partial charge in [-0.3, -0.25) is 0 Å². The molecular weight excluding hydrogens is 194 g/mol. The molecule has 0 heterocycles. The van der Waals surface area contributed by atoms with Gasteiger partial charge in [-0.25, -0.2) is 0 Å². The van der Waals surface area contributed by atoms with Gasteiger partial charge in [0.1, 0.15) is 0 Å². The molecule has 0 radical (unpaired) electrons. The Morgan fingerprint density at radius 3 is 2.64 bits per heavy atom. The van der Waals surface area contributed by atoms with E-state index in [1.807, 2.05) is 19.9 Å². The van der Waals surface area contributed by atoms with Gasteiger partial charge in [-0.15, -0.1) is 0 Å². The smallest absolute Gasteiger partial charge is 0.0444 e. The fourth-order valence-electron chi connectivity index (χ4n) is 2.02. The highest BCUT2D eigenvalue weighted by molar-refractivity contribution is 6.31. The summed E-state index contributed by atoms with van der Waals surface area (Å²) in [7, 11) is 0. The van der Waals surface area contributed by atoms with Crippen LogP contribution in [0.3, 0.4) is 0 Å². The third-order valence-corrected chi connectivity index (χ3v) is 3.24. The van der Waals surface area contributed by atoms with E-state index in [1.54, 1.807) is 0 Å². The van der Waals surface area contributed by atoms with Crippen molar-refractivity contribution in [2.75, 3.05) is 0 Å². The minimum atomic E-state index is -0.290. The number of hydrogen-bond donors (Lipinski definition) is 1. The van der Waals surface area contributed by atoms with Crippen LogP contribution in [-0.4, -0.2) is 0 Å². The van der Waals surface area contributed by atoms with Gasteiger partial charge < -0.3 is 5.73 Å². The molecule has 1 aromatic rings. The molecule has 0 bridgehead atoms. The lowest BCUT2D eigenvalue weighted by atomic mass is 9.93. The summed E-state index contributed by atoms with van der Waals surface area (Å²) in [5, 5.41) is 0.897. The zero-order valence-corrected chi connectivity index (χ0v) is 9.49. The summed E-state index contributed by atoms with van der Waals surface area (Å²) in [5.74, 6) is 0. The number of benzene rings is 1. The number of halogens is 1. The third kappa shape index (κ3) is 1.67. The van der Waals surface area contributed by atoms with Crippen molar-refractivity contribution >= 4 is 11.6 Å². The molecule has 0 aromatic heterocycles. The zero-order valence-electron chi connectivity index (χ0n) is 8.73. The van der Waals surface area contributed by atoms with Gasteiger partial charge in [0, 0.05) is 10.6 Å². The summed E-state index contributed by atoms with van der Waals surface area (Å²) in [5.41, 5.74) is 9.64. The lowest BCUT2D eigenvalue weighted by Gasteiger charge is -2.20. The van der Waals surface area contributed by atoms with E-state index in [0.29, 0.717) is 0 Å². The van der Waals surface area contributed by atoms with Crippen molar-refractivity contribution in [2.24, 2.45) is 5.73 Å². The molecule has 14 heavy (non-hydrogen) atoms. The van der Waals surface area contributed by atoms with Crippen LogP contribution in [-0.2, 0) is 18.4 Å². The average molecular weight is 210 g/mol. The highest BCUT2D eigenvalue weighted by atomic mass is 35.5. The van der Waals surface area contributed by atoms with Crippen LogP contribution in [0.2, 0.25) is 5.02 Å². The van der Waals surface area contributed by atoms with Crippen molar-refractivity contribution in [3.63, 3.8) is 0 Å². The van der Waals surface area contributed by atoms with E-state index in [9.17, 15) is 0 Å². The Kier molecular flexibility index (Phi) is 2.32. The van der Waals surface area contributed by atoms with Crippen molar-refractivity contribution in [3.8, 4) is 0 Å². The van der Waals surface area contributed by atoms with Crippen LogP contribution < -0.4 is 5.73 Å². The Morgan fingerprint density at radius 2 is 2.00 bits per heavy atom. The van der Waals surface area contributed by atoms with Crippen molar-refractivity contribution < 1.29 is 0 Å². The average Bonchev–Trinajstić information content (AvgIpc) is 2.50. The van der Waals surface area contributed by atoms with E-state index >= 15 is 0 Å². The summed E-state index contributed by atoms with van der Waals surface area (Å²) in [6.45, 7) is 4.03. The first-order chi connectivity index (χ1) is 6.48. The van der Waals surface area contributed by atoms with Crippen LogP contribution in [0.25, 0.3) is 0 Å². The Labute approximate surface area is 90.3 Å². The molecule has 1 aliphatic carbocycles. The van der Waals surface area contributed by atoms with Gasteiger partial charge in [0.2, 0.25) is 0 Å². The first kappa shape index (κ1) is 10.0. The molecule has 0 unspecified atom stereocenters. The summed E-state index contributed by atoms with van der Waals surface area (Å²) < 4.78 is 0. The highest BCUT2D eigenvalue weighted by Crippen LogP contribution is 2.32. The van der Waals surface area contributed by atoms with Crippen molar-refractivity contribution in [3.05, 3.63) is 33.8 Å². The van der Waals surface area contributed by atoms with Crippen LogP contribution in [0, 0.1) is 0 Å². The summed E-state index contributed by atoms with van der Waals surface area (Å²) in [6.07, 6.45) is 3.50. The molecule has 0 amide bonds. The quantitative estimate of drug-likeness (QED) is 0.756. The molecule has 0 fully saturated rings. The molecule has 1 aromatic carbocycles. The monoisotopic (exact) mass is 209 g/mol. The van der Waals surface area contributed by atoms with Crippen LogP contribution in [0.1, 0.15) is 37.0 Å². The van der Waals surface area contributed by atoms with Crippen molar-refractivity contribution in [1.82, 2.24) is 0 Å². The SMILES string of the molecule is CC(C)(N)c1cc(Cl)c2c(c1)CCC2. The Bertz CT molecular complexity index is 363. The van der Waals surface area contributed by atoms with E-state index in [4.69, 9.17) is 17.3 Å². The van der Waals surface area contributed by atoms with Gasteiger partial charge in [0.15, 0.2) is 0 Å². The summed E-state index contributed by atoms with van der Waals surface area (Å²) >= 11 is 6.23. The fourth-order valence-corrected chi connectivity index (χ4v) is 2.36. The molecule has 2 heteroatoms. The van der Waals surface area contributed by atoms with Crippen LogP contribution in [0.15, 0.2) is 12.1 Å². The predicted molar refractivity (Wildman–Crippen MR) is 60.7 cm³/mol. The number of aryl methyl sites for hydroxylation is 1. The molecule has 76 valence electrons. The lowest BCUT2D eigenvalue weighted by molar-refractivity contribution is 0.554. The number of rotatable bonds is 1. The third-order valence-electron chi connectivity index (χ3n) is 2.90. The van der Waals surface area contributed by atoms with Gasteiger partial charge in [0.05, 0.1) is 0 Å². The molecular formula is C12H16ClN. The first-order valence-corrected chi connectivity index (χ1v) is 5.47. The van der Waals surface area contributed by atoms with Gasteiger partial charge in [-0.1, -0.05) is 17.7 Å². The Hall–Kier alpha value is -0.530. The van der Waals surface area contributed by atoms with Gasteiger partial charge >= 0.3 is 0 Å². The highest BCUT2D eigenvalue weighted by Gasteiger charge is 2.20. The van der Waals surface area contributed by atoms with Crippen LogP contribution in [0.5, 0.6) is 0 Å². The minimum Gasteiger partial charge on any atom is -0.322 e. The lowest BCUT2D eigenvalue weighted by Crippen LogP contribution is -2.28. The zero-order chi connectivity index (χ0) is 10.3. The summed E-state index contributed by atoms with van der Waals surface area (Å²) in [6, 6.07) is 4.24. The van der Waals surface area contributed by atoms with Gasteiger partial charge in [-0.05, 0) is 55.9 Å². The molecule has 0 saturated carbocycles. The molecule has 0 saturated heterocycles. The van der Waals surface area contributed by atoms with Crippen molar-refractivity contribution in [1.29, 1.82) is 0 Å². The Morgan fingerprint density at radius 1 is 1.29 bits per heavy atom. The molecule has 0 spiro atoms. The minimum absolute atomic E-state index is 0.290. The summed E-state index contributed by atoms with van der Waals surface area (Å²) in [4.78, 5) is 0. The van der Waals surface area contributed by atoms with E-state index < -0.39 is 0 Å². The number of hydrogen-bond acceptors (Lipinski definition) is 1. The van der Waals surface area contributed by atoms with Gasteiger partial charge in [0.25, 0.3) is 0 Å². The molecule has 0 aliphatic heterocycles. The normalized spacial score (nSPS) is 15.7. The maximum atomic E-state index is 6.23. The molecule has 1 aliphatic rings. The van der Waals surface area contributed by atoms with Crippen LogP contribution >= 0.6 is 11.6 Å². The van der Waals surface area contributed by atoms with E-state index in [0.717, 1.165) is 23.4 Å². The fraction of sp³-hybridized carbons (Fsp3) is 0.500. The number of fused-ring (bicyclic) bond motifs is 1.